The molecule has 2 radical (unpaired) electrons. The van der Waals surface area contributed by atoms with Crippen LogP contribution in [0, 0.1) is 20.8 Å². The van der Waals surface area contributed by atoms with E-state index in [0.717, 1.165) is 6.54 Å². The topological polar surface area (TPSA) is 12.0 Å². The van der Waals surface area contributed by atoms with E-state index in [1.165, 1.54) is 0 Å². The first kappa shape index (κ1) is 16.6. The Kier molecular flexibility index (Phi) is 19.1. The van der Waals surface area contributed by atoms with Gasteiger partial charge in [0.2, 0.25) is 0 Å². The van der Waals surface area contributed by atoms with Crippen LogP contribution in [0.1, 0.15) is 0 Å². The SMILES string of the molecule is [CH2-]C1[CH-]CN1.[CH3-].[Y].[Y]. The number of nitrogens with one attached hydrogen (secondary N) is 1. The van der Waals surface area contributed by atoms with Crippen molar-refractivity contribution in [2.45, 2.75) is 6.04 Å². The molecule has 0 amide bonds. The molecule has 44 valence electrons. The van der Waals surface area contributed by atoms with Gasteiger partial charge in [-0.1, -0.05) is 0 Å². The van der Waals surface area contributed by atoms with Crippen LogP contribution in [0.15, 0.2) is 0 Å². The van der Waals surface area contributed by atoms with E-state index >= 15 is 0 Å². The van der Waals surface area contributed by atoms with Crippen molar-refractivity contribution >= 4 is 0 Å². The zero-order valence-corrected chi connectivity index (χ0v) is 10.9. The van der Waals surface area contributed by atoms with Crippen molar-refractivity contribution in [3.8, 4) is 0 Å². The Bertz CT molecular complexity index is 37.4. The quantitative estimate of drug-likeness (QED) is 0.625. The zero-order chi connectivity index (χ0) is 3.70. The van der Waals surface area contributed by atoms with Gasteiger partial charge in [0.15, 0.2) is 0 Å². The minimum absolute atomic E-state index is 0. The molecule has 1 atom stereocenters. The number of hydrogen-bond donors (Lipinski definition) is 1. The molecule has 3 heteroatoms. The Morgan fingerprint density at radius 1 is 1.50 bits per heavy atom. The molecule has 8 heavy (non-hydrogen) atoms. The maximum Gasteiger partial charge on any atom is 0 e. The summed E-state index contributed by atoms with van der Waals surface area (Å²) in [7, 11) is 0. The predicted octanol–water partition coefficient (Wildman–Crippen LogP) is 0.442. The van der Waals surface area contributed by atoms with Gasteiger partial charge in [0.05, 0.1) is 0 Å². The monoisotopic (exact) mass is 262 g/mol. The van der Waals surface area contributed by atoms with Crippen LogP contribution in [0.25, 0.3) is 0 Å². The fourth-order valence-electron chi connectivity index (χ4n) is 0.285. The van der Waals surface area contributed by atoms with Gasteiger partial charge in [-0.25, -0.2) is 0 Å². The van der Waals surface area contributed by atoms with Crippen LogP contribution in [0.2, 0.25) is 0 Å². The van der Waals surface area contributed by atoms with Crippen molar-refractivity contribution in [3.05, 3.63) is 20.8 Å². The Morgan fingerprint density at radius 2 is 1.75 bits per heavy atom. The normalized spacial score (nSPS) is 22.9. The Hall–Kier alpha value is 2.17. The molecule has 1 saturated heterocycles. The van der Waals surface area contributed by atoms with Crippen molar-refractivity contribution in [2.75, 3.05) is 6.54 Å². The Balaban J connectivity index is -0.0000000833. The second kappa shape index (κ2) is 9.17. The van der Waals surface area contributed by atoms with Gasteiger partial charge in [0.1, 0.15) is 0 Å². The summed E-state index contributed by atoms with van der Waals surface area (Å²) in [6, 6.07) is 0.440. The Labute approximate surface area is 103 Å². The first-order chi connectivity index (χ1) is 2.39. The third-order valence-electron chi connectivity index (χ3n) is 0.782. The molecule has 1 N–H and O–H groups in total. The van der Waals surface area contributed by atoms with Gasteiger partial charge in [0.25, 0.3) is 0 Å². The van der Waals surface area contributed by atoms with Crippen LogP contribution >= 0.6 is 0 Å². The van der Waals surface area contributed by atoms with Gasteiger partial charge in [-0.15, -0.1) is 6.54 Å². The molecule has 1 heterocycles. The molecule has 1 rings (SSSR count). The summed E-state index contributed by atoms with van der Waals surface area (Å²) in [5.74, 6) is 0. The van der Waals surface area contributed by atoms with Crippen LogP contribution in [0.3, 0.4) is 0 Å². The van der Waals surface area contributed by atoms with E-state index in [4.69, 9.17) is 0 Å². The number of hydrogen-bond acceptors (Lipinski definition) is 1. The van der Waals surface area contributed by atoms with E-state index in [1.54, 1.807) is 0 Å². The molecule has 1 unspecified atom stereocenters. The van der Waals surface area contributed by atoms with Crippen LogP contribution < -0.4 is 5.32 Å². The summed E-state index contributed by atoms with van der Waals surface area (Å²) < 4.78 is 0. The molecule has 1 fully saturated rings. The van der Waals surface area contributed by atoms with E-state index < -0.39 is 0 Å². The van der Waals surface area contributed by atoms with Crippen molar-refractivity contribution < 1.29 is 65.4 Å². The first-order valence-corrected chi connectivity index (χ1v) is 1.79. The minimum atomic E-state index is 0. The molecule has 1 aliphatic heterocycles. The van der Waals surface area contributed by atoms with Crippen molar-refractivity contribution in [3.63, 3.8) is 0 Å². The summed E-state index contributed by atoms with van der Waals surface area (Å²) in [6.07, 6.45) is 2.12. The first-order valence-electron chi connectivity index (χ1n) is 1.79. The molecule has 0 spiro atoms. The van der Waals surface area contributed by atoms with Crippen LogP contribution in [0.5, 0.6) is 0 Å². The minimum Gasteiger partial charge on any atom is -0.401 e. The summed E-state index contributed by atoms with van der Waals surface area (Å²) >= 11 is 0. The Morgan fingerprint density at radius 3 is 1.75 bits per heavy atom. The van der Waals surface area contributed by atoms with E-state index in [-0.39, 0.29) is 72.8 Å². The molecule has 0 aromatic carbocycles. The third kappa shape index (κ3) is 6.29. The van der Waals surface area contributed by atoms with Gasteiger partial charge in [-0.05, 0) is 0 Å². The summed E-state index contributed by atoms with van der Waals surface area (Å²) in [4.78, 5) is 0. The molecule has 0 aromatic rings. The van der Waals surface area contributed by atoms with E-state index in [1.807, 2.05) is 0 Å². The van der Waals surface area contributed by atoms with E-state index in [2.05, 4.69) is 18.7 Å². The fraction of sp³-hybridized carbons (Fsp3) is 0.400. The van der Waals surface area contributed by atoms with Gasteiger partial charge in [-0.2, -0.15) is 0 Å². The number of rotatable bonds is 0. The maximum absolute atomic E-state index is 3.68. The molecule has 0 aliphatic carbocycles. The van der Waals surface area contributed by atoms with E-state index in [0.29, 0.717) is 6.04 Å². The summed E-state index contributed by atoms with van der Waals surface area (Å²) in [6.45, 7) is 4.73. The predicted molar refractivity (Wildman–Crippen MR) is 27.9 cm³/mol. The second-order valence-electron chi connectivity index (χ2n) is 1.25. The third-order valence-corrected chi connectivity index (χ3v) is 0.782. The van der Waals surface area contributed by atoms with Crippen LogP contribution in [0.4, 0.5) is 0 Å². The average molecular weight is 262 g/mol. The standard InChI is InChI=1S/C4H7N.CH3.2Y/c1-4-2-3-5-4;;;/h2,4-5H,1,3H2;1H3;;/q-2;-1;;. The molecule has 0 saturated carbocycles. The van der Waals surface area contributed by atoms with Gasteiger partial charge in [-0.3, -0.25) is 6.04 Å². The molecule has 1 aliphatic rings. The molecule has 1 nitrogen and oxygen atoms in total. The van der Waals surface area contributed by atoms with Crippen LogP contribution in [-0.4, -0.2) is 12.6 Å². The van der Waals surface area contributed by atoms with Gasteiger partial charge < -0.3 is 26.1 Å². The molecular formula is C5H10NY2-3. The van der Waals surface area contributed by atoms with Crippen LogP contribution in [-0.2, 0) is 65.4 Å². The van der Waals surface area contributed by atoms with Crippen molar-refractivity contribution in [1.82, 2.24) is 5.32 Å². The fourth-order valence-corrected chi connectivity index (χ4v) is 0.285. The maximum atomic E-state index is 3.68. The van der Waals surface area contributed by atoms with E-state index in [9.17, 15) is 0 Å². The smallest absolute Gasteiger partial charge is 0 e. The van der Waals surface area contributed by atoms with Crippen molar-refractivity contribution in [2.24, 2.45) is 0 Å². The molecule has 0 bridgehead atoms. The molecule has 0 aromatic heterocycles. The average Bonchev–Trinajstić information content (AvgIpc) is 1.30. The summed E-state index contributed by atoms with van der Waals surface area (Å²) in [5, 5.41) is 3.04. The van der Waals surface area contributed by atoms with Gasteiger partial charge >= 0.3 is 0 Å². The second-order valence-corrected chi connectivity index (χ2v) is 1.25. The largest absolute Gasteiger partial charge is 0.401 e. The zero-order valence-electron chi connectivity index (χ0n) is 5.22. The van der Waals surface area contributed by atoms with Crippen molar-refractivity contribution in [1.29, 1.82) is 0 Å². The van der Waals surface area contributed by atoms with Gasteiger partial charge in [0, 0.05) is 65.4 Å². The molecular weight excluding hydrogens is 252 g/mol. The summed E-state index contributed by atoms with van der Waals surface area (Å²) in [5.41, 5.74) is 0.